The second-order valence-corrected chi connectivity index (χ2v) is 6.25. The fraction of sp³-hybridized carbons (Fsp3) is 0.364. The predicted molar refractivity (Wildman–Crippen MR) is 72.3 cm³/mol. The first kappa shape index (κ1) is 14.4. The number of rotatable bonds is 4. The van der Waals surface area contributed by atoms with E-state index in [1.165, 1.54) is 16.8 Å². The minimum Gasteiger partial charge on any atom is -0.328 e. The Kier molecular flexibility index (Phi) is 3.73. The Balaban J connectivity index is 2.61. The zero-order chi connectivity index (χ0) is 14.9. The van der Waals surface area contributed by atoms with Crippen LogP contribution in [0.25, 0.3) is 11.4 Å². The molecule has 20 heavy (non-hydrogen) atoms. The maximum absolute atomic E-state index is 11.5. The van der Waals surface area contributed by atoms with Gasteiger partial charge in [0.1, 0.15) is 0 Å². The summed E-state index contributed by atoms with van der Waals surface area (Å²) in [6.07, 6.45) is 1.45. The molecule has 2 aromatic heterocycles. The van der Waals surface area contributed by atoms with Crippen molar-refractivity contribution < 1.29 is 8.42 Å². The molecule has 2 rings (SSSR count). The quantitative estimate of drug-likeness (QED) is 0.818. The van der Waals surface area contributed by atoms with Crippen molar-refractivity contribution in [2.45, 2.75) is 25.5 Å². The largest absolute Gasteiger partial charge is 0.328 e. The first-order valence-electron chi connectivity index (χ1n) is 5.94. The van der Waals surface area contributed by atoms with E-state index in [1.807, 2.05) is 13.8 Å². The smallest absolute Gasteiger partial charge is 0.273 e. The first-order chi connectivity index (χ1) is 9.29. The molecule has 0 spiro atoms. The fourth-order valence-corrected chi connectivity index (χ4v) is 2.41. The van der Waals surface area contributed by atoms with Crippen LogP contribution in [-0.2, 0) is 16.6 Å². The van der Waals surface area contributed by atoms with Crippen LogP contribution >= 0.6 is 0 Å². The van der Waals surface area contributed by atoms with Gasteiger partial charge in [0.25, 0.3) is 15.2 Å². The molecule has 3 N–H and O–H groups in total. The van der Waals surface area contributed by atoms with Crippen LogP contribution in [0.2, 0.25) is 0 Å². The van der Waals surface area contributed by atoms with Crippen LogP contribution in [0.3, 0.4) is 0 Å². The SMILES string of the molecule is CC(C)Cn1c(-c2ccc(=O)[nH]c2)nnc1S(N)(=O)=O. The molecule has 0 atom stereocenters. The van der Waals surface area contributed by atoms with Crippen LogP contribution < -0.4 is 10.7 Å². The van der Waals surface area contributed by atoms with Gasteiger partial charge < -0.3 is 4.98 Å². The molecule has 0 radical (unpaired) electrons. The van der Waals surface area contributed by atoms with Crippen molar-refractivity contribution in [2.24, 2.45) is 11.1 Å². The summed E-state index contributed by atoms with van der Waals surface area (Å²) in [6.45, 7) is 4.26. The Morgan fingerprint density at radius 3 is 2.55 bits per heavy atom. The molecule has 0 aromatic carbocycles. The molecule has 0 fully saturated rings. The van der Waals surface area contributed by atoms with Crippen LogP contribution in [0.1, 0.15) is 13.8 Å². The summed E-state index contributed by atoms with van der Waals surface area (Å²) in [4.78, 5) is 13.6. The highest BCUT2D eigenvalue weighted by Gasteiger charge is 2.22. The molecule has 8 nitrogen and oxygen atoms in total. The summed E-state index contributed by atoms with van der Waals surface area (Å²) in [5.41, 5.74) is 0.308. The molecule has 9 heteroatoms. The number of hydrogen-bond donors (Lipinski definition) is 2. The summed E-state index contributed by atoms with van der Waals surface area (Å²) < 4.78 is 24.5. The minimum absolute atomic E-state index is 0.174. The van der Waals surface area contributed by atoms with E-state index in [2.05, 4.69) is 15.2 Å². The summed E-state index contributed by atoms with van der Waals surface area (Å²) in [5, 5.41) is 12.4. The normalized spacial score (nSPS) is 12.0. The van der Waals surface area contributed by atoms with Gasteiger partial charge in [0.15, 0.2) is 5.82 Å². The lowest BCUT2D eigenvalue weighted by molar-refractivity contribution is 0.486. The van der Waals surface area contributed by atoms with Crippen molar-refractivity contribution in [3.8, 4) is 11.4 Å². The first-order valence-corrected chi connectivity index (χ1v) is 7.49. The number of nitrogens with one attached hydrogen (secondary N) is 1. The number of nitrogens with zero attached hydrogens (tertiary/aromatic N) is 3. The third-order valence-electron chi connectivity index (χ3n) is 2.56. The van der Waals surface area contributed by atoms with Crippen LogP contribution in [0.15, 0.2) is 28.3 Å². The fourth-order valence-electron chi connectivity index (χ4n) is 1.79. The highest BCUT2D eigenvalue weighted by Crippen LogP contribution is 2.19. The van der Waals surface area contributed by atoms with E-state index in [9.17, 15) is 13.2 Å². The standard InChI is InChI=1S/C11H15N5O3S/c1-7(2)6-16-10(8-3-4-9(17)13-5-8)14-15-11(16)20(12,18)19/h3-5,7H,6H2,1-2H3,(H,13,17)(H2,12,18,19). The number of pyridine rings is 1. The lowest BCUT2D eigenvalue weighted by atomic mass is 10.2. The Morgan fingerprint density at radius 1 is 1.35 bits per heavy atom. The maximum Gasteiger partial charge on any atom is 0.273 e. The summed E-state index contributed by atoms with van der Waals surface area (Å²) in [5.74, 6) is 0.520. The molecule has 0 saturated heterocycles. The van der Waals surface area contributed by atoms with E-state index >= 15 is 0 Å². The molecule has 2 aromatic rings. The van der Waals surface area contributed by atoms with Gasteiger partial charge in [-0.2, -0.15) is 0 Å². The second kappa shape index (κ2) is 5.17. The molecule has 0 amide bonds. The van der Waals surface area contributed by atoms with Gasteiger partial charge in [-0.05, 0) is 12.0 Å². The average molecular weight is 297 g/mol. The molecule has 0 aliphatic rings. The van der Waals surface area contributed by atoms with Gasteiger partial charge in [0, 0.05) is 24.4 Å². The topological polar surface area (TPSA) is 124 Å². The number of primary sulfonamides is 1. The zero-order valence-electron chi connectivity index (χ0n) is 11.1. The monoisotopic (exact) mass is 297 g/mol. The zero-order valence-corrected chi connectivity index (χ0v) is 11.9. The molecule has 2 heterocycles. The third-order valence-corrected chi connectivity index (χ3v) is 3.37. The maximum atomic E-state index is 11.5. The van der Waals surface area contributed by atoms with Crippen LogP contribution in [0.5, 0.6) is 0 Å². The van der Waals surface area contributed by atoms with Gasteiger partial charge in [-0.3, -0.25) is 9.36 Å². The van der Waals surface area contributed by atoms with Crippen molar-refractivity contribution in [3.63, 3.8) is 0 Å². The molecule has 0 saturated carbocycles. The summed E-state index contributed by atoms with van der Waals surface area (Å²) in [7, 11) is -3.96. The van der Waals surface area contributed by atoms with E-state index in [0.717, 1.165) is 0 Å². The minimum atomic E-state index is -3.96. The van der Waals surface area contributed by atoms with E-state index in [1.54, 1.807) is 6.07 Å². The third kappa shape index (κ3) is 2.94. The number of aromatic nitrogens is 4. The van der Waals surface area contributed by atoms with Crippen LogP contribution in [0.4, 0.5) is 0 Å². The number of hydrogen-bond acceptors (Lipinski definition) is 5. The van der Waals surface area contributed by atoms with Crippen LogP contribution in [0, 0.1) is 5.92 Å². The van der Waals surface area contributed by atoms with Crippen molar-refractivity contribution in [1.82, 2.24) is 19.7 Å². The molecular formula is C11H15N5O3S. The van der Waals surface area contributed by atoms with E-state index < -0.39 is 10.0 Å². The van der Waals surface area contributed by atoms with Gasteiger partial charge >= 0.3 is 0 Å². The van der Waals surface area contributed by atoms with Gasteiger partial charge in [-0.25, -0.2) is 13.6 Å². The van der Waals surface area contributed by atoms with Crippen molar-refractivity contribution in [2.75, 3.05) is 0 Å². The highest BCUT2D eigenvalue weighted by molar-refractivity contribution is 7.89. The Bertz CT molecular complexity index is 755. The van der Waals surface area contributed by atoms with Gasteiger partial charge in [0.2, 0.25) is 5.56 Å². The van der Waals surface area contributed by atoms with Crippen molar-refractivity contribution in [3.05, 3.63) is 28.7 Å². The average Bonchev–Trinajstić information content (AvgIpc) is 2.72. The van der Waals surface area contributed by atoms with Gasteiger partial charge in [-0.15, -0.1) is 10.2 Å². The molecule has 0 aliphatic heterocycles. The van der Waals surface area contributed by atoms with Crippen LogP contribution in [-0.4, -0.2) is 28.2 Å². The molecule has 0 bridgehead atoms. The highest BCUT2D eigenvalue weighted by atomic mass is 32.2. The Hall–Kier alpha value is -2.00. The van der Waals surface area contributed by atoms with E-state index in [4.69, 9.17) is 5.14 Å². The Morgan fingerprint density at radius 2 is 2.05 bits per heavy atom. The summed E-state index contributed by atoms with van der Waals surface area (Å²) in [6, 6.07) is 2.88. The molecule has 0 unspecified atom stereocenters. The van der Waals surface area contributed by atoms with E-state index in [-0.39, 0.29) is 16.6 Å². The predicted octanol–water partition coefficient (Wildman–Crippen LogP) is -0.0632. The van der Waals surface area contributed by atoms with Crippen molar-refractivity contribution in [1.29, 1.82) is 0 Å². The molecular weight excluding hydrogens is 282 g/mol. The Labute approximate surface area is 115 Å². The summed E-state index contributed by atoms with van der Waals surface area (Å²) >= 11 is 0. The lowest BCUT2D eigenvalue weighted by Gasteiger charge is -2.11. The van der Waals surface area contributed by atoms with Crippen molar-refractivity contribution >= 4 is 10.0 Å². The molecule has 0 aliphatic carbocycles. The number of H-pyrrole nitrogens is 1. The van der Waals surface area contributed by atoms with Gasteiger partial charge in [0.05, 0.1) is 0 Å². The number of nitrogens with two attached hydrogens (primary N) is 1. The van der Waals surface area contributed by atoms with E-state index in [0.29, 0.717) is 17.9 Å². The second-order valence-electron chi connectivity index (χ2n) is 4.80. The number of aromatic amines is 1. The molecule has 108 valence electrons. The number of sulfonamides is 1. The van der Waals surface area contributed by atoms with Gasteiger partial charge in [-0.1, -0.05) is 13.8 Å². The lowest BCUT2D eigenvalue weighted by Crippen LogP contribution is -2.20.